The monoisotopic (exact) mass is 700 g/mol. The third-order valence-corrected chi connectivity index (χ3v) is 7.10. The van der Waals surface area contributed by atoms with Crippen LogP contribution in [0.3, 0.4) is 0 Å². The van der Waals surface area contributed by atoms with Gasteiger partial charge in [-0.25, -0.2) is 0 Å². The summed E-state index contributed by atoms with van der Waals surface area (Å²) in [6.45, 7) is -1.91. The van der Waals surface area contributed by atoms with Crippen LogP contribution in [0, 0.1) is 0 Å². The lowest BCUT2D eigenvalue weighted by Crippen LogP contribution is -2.54. The summed E-state index contributed by atoms with van der Waals surface area (Å²) in [5.41, 5.74) is 12.1. The normalized spacial score (nSPS) is 12.4. The summed E-state index contributed by atoms with van der Waals surface area (Å²) in [7, 11) is 0. The Morgan fingerprint density at radius 2 is 0.960 bits per heavy atom. The lowest BCUT2D eigenvalue weighted by molar-refractivity contribution is -0.138. The molecule has 2 aromatic rings. The van der Waals surface area contributed by atoms with Gasteiger partial charge < -0.3 is 58.7 Å². The number of nitrogens with one attached hydrogen (secondary N) is 6. The fourth-order valence-electron chi connectivity index (χ4n) is 4.53. The molecule has 272 valence electrons. The van der Waals surface area contributed by atoms with E-state index in [1.807, 2.05) is 0 Å². The zero-order valence-corrected chi connectivity index (χ0v) is 27.3. The van der Waals surface area contributed by atoms with Crippen LogP contribution in [0.15, 0.2) is 48.5 Å². The highest BCUT2D eigenvalue weighted by atomic mass is 16.4. The summed E-state index contributed by atoms with van der Waals surface area (Å²) < 4.78 is 0. The number of unbranched alkanes of at least 4 members (excludes halogenated alkanes) is 1. The van der Waals surface area contributed by atoms with Gasteiger partial charge >= 0.3 is 5.97 Å². The minimum absolute atomic E-state index is 0.0123. The van der Waals surface area contributed by atoms with Crippen molar-refractivity contribution in [2.45, 2.75) is 50.2 Å². The van der Waals surface area contributed by atoms with Crippen LogP contribution in [0.1, 0.15) is 30.4 Å². The number of rotatable bonds is 21. The third kappa shape index (κ3) is 15.4. The van der Waals surface area contributed by atoms with Gasteiger partial charge in [0.15, 0.2) is 0 Å². The van der Waals surface area contributed by atoms with Gasteiger partial charge in [-0.05, 0) is 61.2 Å². The second kappa shape index (κ2) is 21.3. The molecule has 0 spiro atoms. The van der Waals surface area contributed by atoms with E-state index < -0.39 is 79.2 Å². The Kier molecular flexibility index (Phi) is 17.2. The Bertz CT molecular complexity index is 1470. The summed E-state index contributed by atoms with van der Waals surface area (Å²) in [5.74, 6) is -5.67. The van der Waals surface area contributed by atoms with E-state index >= 15 is 0 Å². The van der Waals surface area contributed by atoms with Crippen molar-refractivity contribution in [3.05, 3.63) is 59.7 Å². The van der Waals surface area contributed by atoms with Crippen LogP contribution < -0.4 is 43.4 Å². The van der Waals surface area contributed by atoms with Crippen molar-refractivity contribution in [3.63, 3.8) is 0 Å². The number of carboxylic acid groups (broad SMARTS) is 1. The maximum Gasteiger partial charge on any atom is 0.322 e. The van der Waals surface area contributed by atoms with Crippen LogP contribution in [-0.4, -0.2) is 108 Å². The second-order valence-corrected chi connectivity index (χ2v) is 11.1. The fraction of sp³-hybridized carbons (Fsp3) is 0.406. The highest BCUT2D eigenvalue weighted by Gasteiger charge is 2.26. The topological polar surface area (TPSA) is 304 Å². The number of hydrogen-bond donors (Lipinski definition) is 11. The summed E-state index contributed by atoms with van der Waals surface area (Å²) in [6, 6.07) is 8.29. The average molecular weight is 701 g/mol. The zero-order chi connectivity index (χ0) is 37.1. The number of aromatic hydroxyl groups is 2. The molecule has 0 heterocycles. The van der Waals surface area contributed by atoms with Gasteiger partial charge in [0.2, 0.25) is 35.4 Å². The van der Waals surface area contributed by atoms with Gasteiger partial charge in [-0.1, -0.05) is 24.3 Å². The number of hydrogen-bond acceptors (Lipinski definition) is 11. The molecule has 18 heteroatoms. The summed E-state index contributed by atoms with van der Waals surface area (Å²) in [5, 5.41) is 42.4. The molecule has 2 rings (SSSR count). The van der Waals surface area contributed by atoms with E-state index in [0.29, 0.717) is 30.5 Å². The summed E-state index contributed by atoms with van der Waals surface area (Å²) in [6.07, 6.45) is 1.08. The van der Waals surface area contributed by atoms with Crippen LogP contribution in [0.25, 0.3) is 0 Å². The second-order valence-electron chi connectivity index (χ2n) is 11.1. The molecule has 2 aromatic carbocycles. The van der Waals surface area contributed by atoms with E-state index in [-0.39, 0.29) is 37.3 Å². The van der Waals surface area contributed by atoms with Crippen molar-refractivity contribution in [1.29, 1.82) is 0 Å². The van der Waals surface area contributed by atoms with Crippen LogP contribution in [0.2, 0.25) is 0 Å². The Morgan fingerprint density at radius 3 is 1.38 bits per heavy atom. The number of nitrogens with two attached hydrogens (primary N) is 2. The molecule has 3 atom stereocenters. The van der Waals surface area contributed by atoms with Gasteiger partial charge in [0.25, 0.3) is 0 Å². The smallest absolute Gasteiger partial charge is 0.322 e. The Balaban J connectivity index is 2.01. The minimum Gasteiger partial charge on any atom is -0.508 e. The number of amides is 6. The van der Waals surface area contributed by atoms with Crippen LogP contribution in [0.5, 0.6) is 11.5 Å². The minimum atomic E-state index is -1.30. The molecule has 0 radical (unpaired) electrons. The van der Waals surface area contributed by atoms with E-state index in [2.05, 4.69) is 31.9 Å². The fourth-order valence-corrected chi connectivity index (χ4v) is 4.53. The number of benzene rings is 2. The SMILES string of the molecule is NCCCC[C@H](NC(=O)CNC(=O)[C@H](Cc1ccc(O)cc1)NC(=O)CN)C(=O)NCC(=O)N[C@@H](Cc1ccc(O)cc1)C(=O)NCC(=O)O. The first-order valence-corrected chi connectivity index (χ1v) is 15.7. The third-order valence-electron chi connectivity index (χ3n) is 7.10. The first kappa shape index (κ1) is 40.4. The molecular formula is C32H44N8O10. The van der Waals surface area contributed by atoms with Crippen LogP contribution in [-0.2, 0) is 46.4 Å². The van der Waals surface area contributed by atoms with Gasteiger partial charge in [-0.15, -0.1) is 0 Å². The van der Waals surface area contributed by atoms with Crippen molar-refractivity contribution >= 4 is 41.4 Å². The van der Waals surface area contributed by atoms with Gasteiger partial charge in [0, 0.05) is 12.8 Å². The molecule has 0 aromatic heterocycles. The number of phenolic OH excluding ortho intramolecular Hbond substituents is 2. The van der Waals surface area contributed by atoms with E-state index in [1.165, 1.54) is 36.4 Å². The molecule has 0 saturated carbocycles. The number of carbonyl (C=O) groups excluding carboxylic acids is 6. The average Bonchev–Trinajstić information content (AvgIpc) is 3.09. The van der Waals surface area contributed by atoms with E-state index in [9.17, 15) is 43.8 Å². The molecule has 0 aliphatic carbocycles. The summed E-state index contributed by atoms with van der Waals surface area (Å²) >= 11 is 0. The Labute approximate surface area is 287 Å². The molecule has 0 fully saturated rings. The van der Waals surface area contributed by atoms with Crippen LogP contribution >= 0.6 is 0 Å². The predicted octanol–water partition coefficient (Wildman–Crippen LogP) is -3.14. The standard InChI is InChI=1S/C32H44N8O10/c33-12-2-1-3-23(38-27(44)16-36-31(49)24(39-26(43)15-34)13-19-4-8-21(41)9-5-19)30(48)35-17-28(45)40-25(32(50)37-18-29(46)47)14-20-6-10-22(42)11-7-20/h4-11,23-25,41-42H,1-3,12-18,33-34H2,(H,35,48)(H,36,49)(H,37,50)(H,38,44)(H,39,43)(H,40,45)(H,46,47)/t23-,24-,25-/m0/s1. The molecule has 0 aliphatic rings. The Morgan fingerprint density at radius 1 is 0.560 bits per heavy atom. The highest BCUT2D eigenvalue weighted by molar-refractivity contribution is 5.94. The van der Waals surface area contributed by atoms with Gasteiger partial charge in [-0.2, -0.15) is 0 Å². The molecule has 6 amide bonds. The van der Waals surface area contributed by atoms with E-state index in [0.717, 1.165) is 0 Å². The molecule has 13 N–H and O–H groups in total. The highest BCUT2D eigenvalue weighted by Crippen LogP contribution is 2.13. The number of aliphatic carboxylic acids is 1. The first-order chi connectivity index (χ1) is 23.8. The molecule has 0 bridgehead atoms. The maximum absolute atomic E-state index is 13.1. The molecular weight excluding hydrogens is 656 g/mol. The molecule has 0 saturated heterocycles. The molecule has 50 heavy (non-hydrogen) atoms. The van der Waals surface area contributed by atoms with Crippen LogP contribution in [0.4, 0.5) is 0 Å². The zero-order valence-electron chi connectivity index (χ0n) is 27.3. The lowest BCUT2D eigenvalue weighted by atomic mass is 10.0. The number of carbonyl (C=O) groups is 7. The molecule has 0 unspecified atom stereocenters. The van der Waals surface area contributed by atoms with Crippen molar-refractivity contribution in [2.75, 3.05) is 32.7 Å². The van der Waals surface area contributed by atoms with E-state index in [4.69, 9.17) is 16.6 Å². The van der Waals surface area contributed by atoms with Gasteiger partial charge in [0.05, 0.1) is 19.6 Å². The molecule has 0 aliphatic heterocycles. The number of carboxylic acids is 1. The van der Waals surface area contributed by atoms with Crippen molar-refractivity contribution in [3.8, 4) is 11.5 Å². The van der Waals surface area contributed by atoms with Crippen molar-refractivity contribution < 1.29 is 48.9 Å². The molecule has 18 nitrogen and oxygen atoms in total. The number of phenols is 2. The van der Waals surface area contributed by atoms with E-state index in [1.54, 1.807) is 12.1 Å². The summed E-state index contributed by atoms with van der Waals surface area (Å²) in [4.78, 5) is 87.1. The lowest BCUT2D eigenvalue weighted by Gasteiger charge is -2.21. The van der Waals surface area contributed by atoms with Crippen molar-refractivity contribution in [1.82, 2.24) is 31.9 Å². The van der Waals surface area contributed by atoms with Gasteiger partial charge in [-0.3, -0.25) is 33.6 Å². The van der Waals surface area contributed by atoms with Crippen molar-refractivity contribution in [2.24, 2.45) is 11.5 Å². The quantitative estimate of drug-likeness (QED) is 0.0576. The maximum atomic E-state index is 13.1. The van der Waals surface area contributed by atoms with Gasteiger partial charge in [0.1, 0.15) is 36.2 Å². The largest absolute Gasteiger partial charge is 0.508 e. The first-order valence-electron chi connectivity index (χ1n) is 15.7. The predicted molar refractivity (Wildman–Crippen MR) is 178 cm³/mol. The Hall–Kier alpha value is -5.75.